The highest BCUT2D eigenvalue weighted by molar-refractivity contribution is 6.36. The number of aromatic nitrogens is 2. The third-order valence-electron chi connectivity index (χ3n) is 4.87. The summed E-state index contributed by atoms with van der Waals surface area (Å²) in [5, 5.41) is 4.08. The van der Waals surface area contributed by atoms with Crippen molar-refractivity contribution in [2.75, 3.05) is 5.32 Å². The molecule has 0 aliphatic carbocycles. The van der Waals surface area contributed by atoms with E-state index in [1.165, 1.54) is 0 Å². The van der Waals surface area contributed by atoms with Crippen LogP contribution >= 0.6 is 23.2 Å². The second-order valence-electron chi connectivity index (χ2n) is 6.95. The minimum Gasteiger partial charge on any atom is -0.324 e. The number of nitrogens with one attached hydrogen (secondary N) is 1. The Morgan fingerprint density at radius 2 is 1.72 bits per heavy atom. The fourth-order valence-electron chi connectivity index (χ4n) is 3.45. The first-order valence-electron chi connectivity index (χ1n) is 9.21. The number of para-hydroxylation sites is 3. The lowest BCUT2D eigenvalue weighted by atomic mass is 10.1. The smallest absolute Gasteiger partial charge is 0.244 e. The highest BCUT2D eigenvalue weighted by Gasteiger charge is 2.18. The van der Waals surface area contributed by atoms with Crippen LogP contribution in [-0.4, -0.2) is 15.5 Å². The van der Waals surface area contributed by atoms with Crippen LogP contribution in [0.1, 0.15) is 11.1 Å². The number of rotatable bonds is 4. The number of amides is 1. The fourth-order valence-corrected chi connectivity index (χ4v) is 3.94. The number of anilines is 1. The zero-order valence-corrected chi connectivity index (χ0v) is 17.6. The number of fused-ring (bicyclic) bond motifs is 1. The van der Waals surface area contributed by atoms with E-state index in [0.717, 1.165) is 33.4 Å². The van der Waals surface area contributed by atoms with E-state index in [1.54, 1.807) is 12.1 Å². The average molecular weight is 424 g/mol. The lowest BCUT2D eigenvalue weighted by Gasteiger charge is -2.14. The van der Waals surface area contributed by atoms with Gasteiger partial charge in [-0.15, -0.1) is 0 Å². The molecular weight excluding hydrogens is 405 g/mol. The van der Waals surface area contributed by atoms with Gasteiger partial charge in [-0.1, -0.05) is 53.5 Å². The van der Waals surface area contributed by atoms with Crippen molar-refractivity contribution in [2.24, 2.45) is 0 Å². The van der Waals surface area contributed by atoms with E-state index in [4.69, 9.17) is 28.2 Å². The Hall–Kier alpha value is -2.82. The molecule has 0 aliphatic rings. The molecule has 6 heteroatoms. The number of nitrogens with zero attached hydrogens (tertiary/aromatic N) is 2. The van der Waals surface area contributed by atoms with Gasteiger partial charge in [-0.3, -0.25) is 4.79 Å². The minimum atomic E-state index is -0.128. The third-order valence-corrected chi connectivity index (χ3v) is 5.42. The summed E-state index contributed by atoms with van der Waals surface area (Å²) >= 11 is 12.5. The zero-order valence-electron chi connectivity index (χ0n) is 16.0. The highest BCUT2D eigenvalue weighted by Crippen LogP contribution is 2.32. The maximum atomic E-state index is 12.9. The van der Waals surface area contributed by atoms with Gasteiger partial charge in [0.2, 0.25) is 5.91 Å². The van der Waals surface area contributed by atoms with Crippen LogP contribution in [0.25, 0.3) is 22.4 Å². The molecule has 0 unspecified atom stereocenters. The van der Waals surface area contributed by atoms with Gasteiger partial charge < -0.3 is 9.88 Å². The van der Waals surface area contributed by atoms with Gasteiger partial charge in [-0.25, -0.2) is 4.98 Å². The van der Waals surface area contributed by atoms with Crippen LogP contribution in [0.2, 0.25) is 10.0 Å². The SMILES string of the molecule is Cc1cccc(C)c1NC(=O)Cn1c(-c2ccc(Cl)cc2Cl)nc2ccccc21. The minimum absolute atomic E-state index is 0.114. The molecule has 1 aromatic heterocycles. The molecule has 1 amide bonds. The van der Waals surface area contributed by atoms with Gasteiger partial charge in [-0.2, -0.15) is 0 Å². The van der Waals surface area contributed by atoms with E-state index >= 15 is 0 Å². The summed E-state index contributed by atoms with van der Waals surface area (Å²) in [6.07, 6.45) is 0. The van der Waals surface area contributed by atoms with Crippen molar-refractivity contribution < 1.29 is 4.79 Å². The molecule has 0 atom stereocenters. The molecular formula is C23H19Cl2N3O. The van der Waals surface area contributed by atoms with Crippen LogP contribution in [0.3, 0.4) is 0 Å². The summed E-state index contributed by atoms with van der Waals surface area (Å²) in [6.45, 7) is 4.07. The number of aryl methyl sites for hydroxylation is 2. The van der Waals surface area contributed by atoms with Gasteiger partial charge >= 0.3 is 0 Å². The number of halogens is 2. The van der Waals surface area contributed by atoms with Crippen molar-refractivity contribution in [2.45, 2.75) is 20.4 Å². The molecule has 146 valence electrons. The van der Waals surface area contributed by atoms with Crippen LogP contribution in [0, 0.1) is 13.8 Å². The Kier molecular flexibility index (Phi) is 5.31. The Bertz CT molecular complexity index is 1210. The van der Waals surface area contributed by atoms with Crippen LogP contribution in [-0.2, 0) is 11.3 Å². The molecule has 0 saturated heterocycles. The van der Waals surface area contributed by atoms with Crippen molar-refractivity contribution in [1.29, 1.82) is 0 Å². The predicted molar refractivity (Wildman–Crippen MR) is 120 cm³/mol. The second-order valence-corrected chi connectivity index (χ2v) is 7.79. The van der Waals surface area contributed by atoms with Gasteiger partial charge in [-0.05, 0) is 55.3 Å². The predicted octanol–water partition coefficient (Wildman–Crippen LogP) is 6.27. The number of hydrogen-bond acceptors (Lipinski definition) is 2. The third kappa shape index (κ3) is 3.86. The fraction of sp³-hybridized carbons (Fsp3) is 0.130. The van der Waals surface area contributed by atoms with Crippen LogP contribution < -0.4 is 5.32 Å². The van der Waals surface area contributed by atoms with Gasteiger partial charge in [0, 0.05) is 16.3 Å². The molecule has 1 heterocycles. The standard InChI is InChI=1S/C23H19Cl2N3O/c1-14-6-5-7-15(2)22(14)27-21(29)13-28-20-9-4-3-8-19(20)26-23(28)17-11-10-16(24)12-18(17)25/h3-12H,13H2,1-2H3,(H,27,29). The molecule has 4 aromatic rings. The molecule has 4 nitrogen and oxygen atoms in total. The lowest BCUT2D eigenvalue weighted by Crippen LogP contribution is -2.20. The normalized spacial score (nSPS) is 11.0. The molecule has 0 spiro atoms. The summed E-state index contributed by atoms with van der Waals surface area (Å²) in [4.78, 5) is 17.7. The Morgan fingerprint density at radius 3 is 2.45 bits per heavy atom. The summed E-state index contributed by atoms with van der Waals surface area (Å²) < 4.78 is 1.88. The number of imidazole rings is 1. The lowest BCUT2D eigenvalue weighted by molar-refractivity contribution is -0.116. The topological polar surface area (TPSA) is 46.9 Å². The molecule has 0 bridgehead atoms. The molecule has 1 N–H and O–H groups in total. The largest absolute Gasteiger partial charge is 0.324 e. The second kappa shape index (κ2) is 7.90. The molecule has 0 aliphatic heterocycles. The van der Waals surface area contributed by atoms with Crippen molar-refractivity contribution in [3.8, 4) is 11.4 Å². The molecule has 0 fully saturated rings. The average Bonchev–Trinajstić information content (AvgIpc) is 3.03. The molecule has 29 heavy (non-hydrogen) atoms. The van der Waals surface area contributed by atoms with Gasteiger partial charge in [0.15, 0.2) is 0 Å². The van der Waals surface area contributed by atoms with Crippen molar-refractivity contribution in [3.05, 3.63) is 81.8 Å². The highest BCUT2D eigenvalue weighted by atomic mass is 35.5. The summed E-state index contributed by atoms with van der Waals surface area (Å²) in [6, 6.07) is 18.9. The Balaban J connectivity index is 1.75. The van der Waals surface area contributed by atoms with Crippen molar-refractivity contribution in [1.82, 2.24) is 9.55 Å². The molecule has 0 radical (unpaired) electrons. The number of benzene rings is 3. The molecule has 0 saturated carbocycles. The number of carbonyl (C=O) groups is 1. The molecule has 3 aromatic carbocycles. The summed E-state index contributed by atoms with van der Waals surface area (Å²) in [5.41, 5.74) is 5.28. The maximum absolute atomic E-state index is 12.9. The van der Waals surface area contributed by atoms with E-state index in [9.17, 15) is 4.79 Å². The summed E-state index contributed by atoms with van der Waals surface area (Å²) in [5.74, 6) is 0.501. The Morgan fingerprint density at radius 1 is 1.00 bits per heavy atom. The first-order valence-corrected chi connectivity index (χ1v) is 9.96. The van der Waals surface area contributed by atoms with Gasteiger partial charge in [0.25, 0.3) is 0 Å². The van der Waals surface area contributed by atoms with E-state index in [-0.39, 0.29) is 12.5 Å². The monoisotopic (exact) mass is 423 g/mol. The van der Waals surface area contributed by atoms with Crippen LogP contribution in [0.4, 0.5) is 5.69 Å². The van der Waals surface area contributed by atoms with Crippen molar-refractivity contribution in [3.63, 3.8) is 0 Å². The van der Waals surface area contributed by atoms with Crippen LogP contribution in [0.5, 0.6) is 0 Å². The van der Waals surface area contributed by atoms with E-state index < -0.39 is 0 Å². The van der Waals surface area contributed by atoms with E-state index in [2.05, 4.69) is 5.32 Å². The summed E-state index contributed by atoms with van der Waals surface area (Å²) in [7, 11) is 0. The quantitative estimate of drug-likeness (QED) is 0.420. The molecule has 4 rings (SSSR count). The van der Waals surface area contributed by atoms with E-state index in [0.29, 0.717) is 15.9 Å². The van der Waals surface area contributed by atoms with Gasteiger partial charge in [0.05, 0.1) is 16.1 Å². The first-order chi connectivity index (χ1) is 13.9. The van der Waals surface area contributed by atoms with Gasteiger partial charge in [0.1, 0.15) is 12.4 Å². The van der Waals surface area contributed by atoms with Crippen molar-refractivity contribution >= 4 is 45.8 Å². The number of hydrogen-bond donors (Lipinski definition) is 1. The van der Waals surface area contributed by atoms with Crippen LogP contribution in [0.15, 0.2) is 60.7 Å². The zero-order chi connectivity index (χ0) is 20.5. The first kappa shape index (κ1) is 19.5. The van der Waals surface area contributed by atoms with E-state index in [1.807, 2.05) is 66.9 Å². The Labute approximate surface area is 179 Å². The number of carbonyl (C=O) groups excluding carboxylic acids is 1. The maximum Gasteiger partial charge on any atom is 0.244 e.